The van der Waals surface area contributed by atoms with Crippen molar-refractivity contribution in [1.29, 1.82) is 0 Å². The predicted octanol–water partition coefficient (Wildman–Crippen LogP) is 0.631. The Kier molecular flexibility index (Phi) is 1.84. The van der Waals surface area contributed by atoms with Crippen LogP contribution in [-0.2, 0) is 0 Å². The third kappa shape index (κ3) is 1.21. The van der Waals surface area contributed by atoms with Crippen molar-refractivity contribution in [2.24, 2.45) is 0 Å². The van der Waals surface area contributed by atoms with Gasteiger partial charge in [0.1, 0.15) is 0 Å². The Morgan fingerprint density at radius 1 is 1.25 bits per heavy atom. The summed E-state index contributed by atoms with van der Waals surface area (Å²) in [6, 6.07) is 10.4. The summed E-state index contributed by atoms with van der Waals surface area (Å²) < 4.78 is 0. The zero-order valence-corrected chi connectivity index (χ0v) is 6.98. The van der Waals surface area contributed by atoms with Crippen molar-refractivity contribution >= 4 is 5.69 Å². The average molecular weight is 161 g/mol. The average Bonchev–Trinajstić information content (AvgIpc) is 2.53. The highest BCUT2D eigenvalue weighted by Gasteiger charge is 2.17. The second-order valence-electron chi connectivity index (χ2n) is 2.98. The van der Waals surface area contributed by atoms with Gasteiger partial charge in [-0.1, -0.05) is 24.3 Å². The third-order valence-electron chi connectivity index (χ3n) is 2.15. The highest BCUT2D eigenvalue weighted by atomic mass is 15.2. The van der Waals surface area contributed by atoms with Gasteiger partial charge in [-0.25, -0.2) is 0 Å². The number of hydrogen-bond donors (Lipinski definition) is 1. The van der Waals surface area contributed by atoms with Crippen molar-refractivity contribution in [2.75, 3.05) is 11.4 Å². The van der Waals surface area contributed by atoms with Gasteiger partial charge in [0.2, 0.25) is 0 Å². The smallest absolute Gasteiger partial charge is 0.179 e. The largest absolute Gasteiger partial charge is 0.334 e. The molecule has 2 heteroatoms. The van der Waals surface area contributed by atoms with Crippen LogP contribution in [0.4, 0.5) is 5.69 Å². The van der Waals surface area contributed by atoms with E-state index in [0.717, 1.165) is 6.54 Å². The highest BCUT2D eigenvalue weighted by molar-refractivity contribution is 5.49. The van der Waals surface area contributed by atoms with Gasteiger partial charge < -0.3 is 10.6 Å². The molecule has 0 aromatic heterocycles. The summed E-state index contributed by atoms with van der Waals surface area (Å²) in [5, 5.41) is 0. The van der Waals surface area contributed by atoms with E-state index in [2.05, 4.69) is 47.1 Å². The summed E-state index contributed by atoms with van der Waals surface area (Å²) in [6.45, 7) is 0.984. The second-order valence-corrected chi connectivity index (χ2v) is 2.98. The van der Waals surface area contributed by atoms with Crippen molar-refractivity contribution in [2.45, 2.75) is 6.17 Å². The Morgan fingerprint density at radius 3 is 2.58 bits per heavy atom. The molecule has 1 aromatic carbocycles. The lowest BCUT2D eigenvalue weighted by Gasteiger charge is -2.20. The van der Waals surface area contributed by atoms with Crippen LogP contribution in [0.3, 0.4) is 0 Å². The van der Waals surface area contributed by atoms with E-state index in [4.69, 9.17) is 0 Å². The molecule has 1 heterocycles. The molecule has 1 aromatic rings. The Balaban J connectivity index is 2.22. The van der Waals surface area contributed by atoms with Crippen LogP contribution in [0.1, 0.15) is 0 Å². The number of rotatable bonds is 1. The lowest BCUT2D eigenvalue weighted by atomic mass is 10.3. The van der Waals surface area contributed by atoms with E-state index in [0.29, 0.717) is 6.17 Å². The maximum Gasteiger partial charge on any atom is 0.179 e. The number of benzene rings is 1. The molecule has 1 aliphatic rings. The van der Waals surface area contributed by atoms with Crippen LogP contribution in [0, 0.1) is 0 Å². The van der Waals surface area contributed by atoms with Gasteiger partial charge in [-0.15, -0.1) is 0 Å². The lowest BCUT2D eigenvalue weighted by Crippen LogP contribution is -2.66. The van der Waals surface area contributed by atoms with Crippen molar-refractivity contribution in [1.82, 2.24) is 0 Å². The van der Waals surface area contributed by atoms with Gasteiger partial charge in [0.25, 0.3) is 0 Å². The second kappa shape index (κ2) is 2.99. The highest BCUT2D eigenvalue weighted by Crippen LogP contribution is 2.17. The minimum Gasteiger partial charge on any atom is -0.334 e. The molecule has 0 saturated heterocycles. The third-order valence-corrected chi connectivity index (χ3v) is 2.15. The SMILES string of the molecule is [NH3+]C1C=CCN1c1ccccc1. The molecule has 0 fully saturated rings. The van der Waals surface area contributed by atoms with Crippen molar-refractivity contribution in [3.8, 4) is 0 Å². The minimum absolute atomic E-state index is 0.299. The molecule has 0 spiro atoms. The molecule has 2 rings (SSSR count). The lowest BCUT2D eigenvalue weighted by molar-refractivity contribution is -0.400. The zero-order chi connectivity index (χ0) is 8.39. The van der Waals surface area contributed by atoms with Gasteiger partial charge in [0.05, 0.1) is 0 Å². The molecular formula is C10H13N2+. The summed E-state index contributed by atoms with van der Waals surface area (Å²) in [4.78, 5) is 2.26. The predicted molar refractivity (Wildman–Crippen MR) is 49.6 cm³/mol. The normalized spacial score (nSPS) is 21.8. The summed E-state index contributed by atoms with van der Waals surface area (Å²) in [5.74, 6) is 0. The molecule has 1 unspecified atom stereocenters. The molecule has 3 N–H and O–H groups in total. The summed E-state index contributed by atoms with van der Waals surface area (Å²) in [5.41, 5.74) is 5.29. The van der Waals surface area contributed by atoms with Crippen LogP contribution in [0.2, 0.25) is 0 Å². The molecule has 0 aliphatic carbocycles. The van der Waals surface area contributed by atoms with Crippen molar-refractivity contribution in [3.63, 3.8) is 0 Å². The fourth-order valence-corrected chi connectivity index (χ4v) is 1.49. The molecule has 1 aliphatic heterocycles. The number of quaternary nitrogens is 1. The monoisotopic (exact) mass is 161 g/mol. The summed E-state index contributed by atoms with van der Waals surface area (Å²) in [6.07, 6.45) is 4.59. The number of para-hydroxylation sites is 1. The van der Waals surface area contributed by atoms with Crippen LogP contribution in [0.15, 0.2) is 42.5 Å². The first kappa shape index (κ1) is 7.37. The molecule has 0 radical (unpaired) electrons. The van der Waals surface area contributed by atoms with E-state index >= 15 is 0 Å². The van der Waals surface area contributed by atoms with Crippen molar-refractivity contribution in [3.05, 3.63) is 42.5 Å². The molecule has 0 bridgehead atoms. The van der Waals surface area contributed by atoms with E-state index in [9.17, 15) is 0 Å². The van der Waals surface area contributed by atoms with Gasteiger partial charge in [0.15, 0.2) is 6.17 Å². The first-order valence-corrected chi connectivity index (χ1v) is 4.19. The van der Waals surface area contributed by atoms with Crippen LogP contribution in [-0.4, -0.2) is 12.7 Å². The van der Waals surface area contributed by atoms with E-state index in [-0.39, 0.29) is 0 Å². The molecule has 12 heavy (non-hydrogen) atoms. The molecule has 0 saturated carbocycles. The standard InChI is InChI=1S/C10H12N2/c11-10-7-4-8-12(10)9-5-2-1-3-6-9/h1-7,10H,8,11H2/p+1. The molecule has 2 nitrogen and oxygen atoms in total. The van der Waals surface area contributed by atoms with Gasteiger partial charge in [-0.2, -0.15) is 0 Å². The fraction of sp³-hybridized carbons (Fsp3) is 0.200. The minimum atomic E-state index is 0.299. The topological polar surface area (TPSA) is 30.9 Å². The zero-order valence-electron chi connectivity index (χ0n) is 6.98. The van der Waals surface area contributed by atoms with Gasteiger partial charge in [0, 0.05) is 12.2 Å². The Hall–Kier alpha value is -1.28. The van der Waals surface area contributed by atoms with Crippen LogP contribution in [0.5, 0.6) is 0 Å². The number of anilines is 1. The van der Waals surface area contributed by atoms with E-state index in [1.807, 2.05) is 6.07 Å². The first-order valence-electron chi connectivity index (χ1n) is 4.19. The Morgan fingerprint density at radius 2 is 2.00 bits per heavy atom. The van der Waals surface area contributed by atoms with Crippen LogP contribution in [0.25, 0.3) is 0 Å². The molecule has 62 valence electrons. The number of hydrogen-bond acceptors (Lipinski definition) is 1. The van der Waals surface area contributed by atoms with E-state index < -0.39 is 0 Å². The molecule has 0 amide bonds. The van der Waals surface area contributed by atoms with E-state index in [1.165, 1.54) is 5.69 Å². The number of nitrogens with zero attached hydrogens (tertiary/aromatic N) is 1. The van der Waals surface area contributed by atoms with Gasteiger partial charge in [-0.3, -0.25) is 0 Å². The van der Waals surface area contributed by atoms with Crippen molar-refractivity contribution < 1.29 is 5.73 Å². The summed E-state index contributed by atoms with van der Waals surface area (Å²) in [7, 11) is 0. The maximum atomic E-state index is 4.03. The fourth-order valence-electron chi connectivity index (χ4n) is 1.49. The molecule has 1 atom stereocenters. The van der Waals surface area contributed by atoms with E-state index in [1.54, 1.807) is 0 Å². The summed E-state index contributed by atoms with van der Waals surface area (Å²) >= 11 is 0. The van der Waals surface area contributed by atoms with Crippen LogP contribution >= 0.6 is 0 Å². The first-order chi connectivity index (χ1) is 5.88. The quantitative estimate of drug-likeness (QED) is 0.602. The maximum absolute atomic E-state index is 4.03. The Bertz CT molecular complexity index is 279. The van der Waals surface area contributed by atoms with Gasteiger partial charge in [-0.05, 0) is 18.2 Å². The van der Waals surface area contributed by atoms with Crippen LogP contribution < -0.4 is 10.6 Å². The molecular weight excluding hydrogens is 148 g/mol. The Labute approximate surface area is 72.3 Å². The van der Waals surface area contributed by atoms with Gasteiger partial charge >= 0.3 is 0 Å².